The van der Waals surface area contributed by atoms with Gasteiger partial charge in [-0.1, -0.05) is 119 Å². The number of carboxylic acids is 1. The van der Waals surface area contributed by atoms with Gasteiger partial charge in [-0.3, -0.25) is 14.4 Å². The van der Waals surface area contributed by atoms with Crippen LogP contribution >= 0.6 is 0 Å². The van der Waals surface area contributed by atoms with E-state index in [1.54, 1.807) is 0 Å². The molecular weight excluding hydrogens is 554 g/mol. The molecule has 0 radical (unpaired) electrons. The molecule has 44 heavy (non-hydrogen) atoms. The van der Waals surface area contributed by atoms with Gasteiger partial charge in [-0.25, -0.2) is 4.79 Å². The van der Waals surface area contributed by atoms with E-state index in [1.807, 2.05) is 27.7 Å². The zero-order chi connectivity index (χ0) is 33.2. The summed E-state index contributed by atoms with van der Waals surface area (Å²) in [6.07, 6.45) is 19.9. The smallest absolute Gasteiger partial charge is 0.326 e. The number of carbonyl (C=O) groups is 4. The van der Waals surface area contributed by atoms with Crippen molar-refractivity contribution < 1.29 is 24.3 Å². The van der Waals surface area contributed by atoms with Crippen LogP contribution in [0.15, 0.2) is 0 Å². The average Bonchev–Trinajstić information content (AvgIpc) is 2.96. The van der Waals surface area contributed by atoms with E-state index in [4.69, 9.17) is 0 Å². The lowest BCUT2D eigenvalue weighted by Crippen LogP contribution is -2.42. The fraction of sp³-hybridized carbons (Fsp3) is 0.889. The molecule has 0 spiro atoms. The molecule has 0 saturated heterocycles. The van der Waals surface area contributed by atoms with E-state index < -0.39 is 12.0 Å². The summed E-state index contributed by atoms with van der Waals surface area (Å²) in [5.74, 6) is -0.778. The molecule has 0 fully saturated rings. The summed E-state index contributed by atoms with van der Waals surface area (Å²) in [6.45, 7) is 12.8. The zero-order valence-electron chi connectivity index (χ0n) is 29.3. The molecule has 0 heterocycles. The third-order valence-corrected chi connectivity index (χ3v) is 8.41. The first kappa shape index (κ1) is 42.0. The second-order valence-electron chi connectivity index (χ2n) is 13.4. The van der Waals surface area contributed by atoms with Crippen LogP contribution in [-0.2, 0) is 19.2 Å². The predicted molar refractivity (Wildman–Crippen MR) is 182 cm³/mol. The Hall–Kier alpha value is -1.96. The largest absolute Gasteiger partial charge is 0.480 e. The Morgan fingerprint density at radius 1 is 0.591 bits per heavy atom. The van der Waals surface area contributed by atoms with Crippen molar-refractivity contribution in [1.82, 2.24) is 16.0 Å². The average molecular weight is 624 g/mol. The first-order valence-electron chi connectivity index (χ1n) is 18.1. The normalized spacial score (nSPS) is 13.5. The third-order valence-electron chi connectivity index (χ3n) is 8.41. The Kier molecular flexibility index (Phi) is 26.1. The summed E-state index contributed by atoms with van der Waals surface area (Å²) in [6, 6.07) is -1.02. The summed E-state index contributed by atoms with van der Waals surface area (Å²) in [7, 11) is 0. The quantitative estimate of drug-likeness (QED) is 0.0607. The highest BCUT2D eigenvalue weighted by atomic mass is 16.4. The van der Waals surface area contributed by atoms with Crippen LogP contribution in [0, 0.1) is 11.8 Å². The molecule has 0 aromatic heterocycles. The number of hydrogen-bond donors (Lipinski definition) is 4. The van der Waals surface area contributed by atoms with Crippen LogP contribution in [-0.4, -0.2) is 53.3 Å². The van der Waals surface area contributed by atoms with E-state index in [9.17, 15) is 24.3 Å². The predicted octanol–water partition coefficient (Wildman–Crippen LogP) is 7.72. The molecule has 0 aromatic rings. The first-order chi connectivity index (χ1) is 21.0. The van der Waals surface area contributed by atoms with Gasteiger partial charge in [0.05, 0.1) is 6.04 Å². The molecule has 0 aromatic carbocycles. The van der Waals surface area contributed by atoms with E-state index in [-0.39, 0.29) is 48.4 Å². The number of aliphatic carboxylic acids is 1. The number of nitrogens with one attached hydrogen (secondary N) is 3. The molecule has 0 saturated carbocycles. The molecule has 0 aliphatic heterocycles. The Morgan fingerprint density at radius 2 is 1.18 bits per heavy atom. The van der Waals surface area contributed by atoms with Gasteiger partial charge < -0.3 is 21.1 Å². The molecule has 4 N–H and O–H groups in total. The zero-order valence-corrected chi connectivity index (χ0v) is 29.3. The number of amides is 2. The molecule has 258 valence electrons. The number of carboxylic acid groups (broad SMARTS) is 1. The number of carbonyl (C=O) groups excluding carboxylic acids is 3. The van der Waals surface area contributed by atoms with E-state index >= 15 is 0 Å². The maximum Gasteiger partial charge on any atom is 0.326 e. The highest BCUT2D eigenvalue weighted by molar-refractivity contribution is 5.86. The lowest BCUT2D eigenvalue weighted by atomic mass is 9.91. The molecule has 3 atom stereocenters. The van der Waals surface area contributed by atoms with Crippen molar-refractivity contribution in [2.45, 2.75) is 188 Å². The number of Topliss-reactive ketones (excluding diaryl/α,β-unsaturated/α-hetero) is 1. The van der Waals surface area contributed by atoms with Crippen molar-refractivity contribution in [2.75, 3.05) is 6.54 Å². The maximum atomic E-state index is 12.5. The van der Waals surface area contributed by atoms with Gasteiger partial charge in [0.15, 0.2) is 5.78 Å². The minimum Gasteiger partial charge on any atom is -0.480 e. The molecule has 0 aliphatic carbocycles. The number of rotatable bonds is 30. The van der Waals surface area contributed by atoms with Gasteiger partial charge in [-0.15, -0.1) is 0 Å². The number of hydrogen-bond acceptors (Lipinski definition) is 5. The molecular formula is C36H69N3O5. The van der Waals surface area contributed by atoms with Gasteiger partial charge in [0.25, 0.3) is 0 Å². The molecule has 2 amide bonds. The summed E-state index contributed by atoms with van der Waals surface area (Å²) < 4.78 is 0. The standard InChI is InChI=1S/C36H69N3O5/c1-7-9-10-11-12-13-14-15-16-21-30(20-8-2)22-19-24-34(41)39-32(36(43)44)25-26-33(40)37-27-18-17-23-31(38-29(5)6)35(42)28(3)4/h28-32,38H,7-27H2,1-6H3,(H,37,40)(H,39,41)(H,43,44)/t30?,31-,32-/m0/s1. The van der Waals surface area contributed by atoms with Crippen molar-refractivity contribution in [3.05, 3.63) is 0 Å². The monoisotopic (exact) mass is 624 g/mol. The van der Waals surface area contributed by atoms with Crippen molar-refractivity contribution in [2.24, 2.45) is 11.8 Å². The van der Waals surface area contributed by atoms with Gasteiger partial charge in [0.1, 0.15) is 6.04 Å². The molecule has 0 bridgehead atoms. The number of unbranched alkanes of at least 4 members (excludes halogenated alkanes) is 9. The van der Waals surface area contributed by atoms with E-state index in [2.05, 4.69) is 29.8 Å². The SMILES string of the molecule is CCCCCCCCCCCC(CCC)CCCC(=O)N[C@@H](CCC(=O)NCCCC[C@H](NC(C)C)C(=O)C(C)C)C(=O)O. The van der Waals surface area contributed by atoms with Crippen molar-refractivity contribution in [3.63, 3.8) is 0 Å². The van der Waals surface area contributed by atoms with Gasteiger partial charge in [0, 0.05) is 31.3 Å². The van der Waals surface area contributed by atoms with Gasteiger partial charge in [-0.05, 0) is 44.4 Å². The van der Waals surface area contributed by atoms with Crippen molar-refractivity contribution in [3.8, 4) is 0 Å². The Labute approximate surface area is 270 Å². The molecule has 0 rings (SSSR count). The van der Waals surface area contributed by atoms with Gasteiger partial charge in [-0.2, -0.15) is 0 Å². The van der Waals surface area contributed by atoms with Crippen LogP contribution in [0.25, 0.3) is 0 Å². The van der Waals surface area contributed by atoms with Crippen LogP contribution in [0.4, 0.5) is 0 Å². The summed E-state index contributed by atoms with van der Waals surface area (Å²) in [5, 5.41) is 18.4. The lowest BCUT2D eigenvalue weighted by Gasteiger charge is -2.22. The summed E-state index contributed by atoms with van der Waals surface area (Å²) >= 11 is 0. The minimum absolute atomic E-state index is 0.0269. The molecule has 8 nitrogen and oxygen atoms in total. The van der Waals surface area contributed by atoms with E-state index in [1.165, 1.54) is 70.6 Å². The number of ketones is 1. The Bertz CT molecular complexity index is 771. The maximum absolute atomic E-state index is 12.5. The third kappa shape index (κ3) is 23.4. The fourth-order valence-electron chi connectivity index (χ4n) is 5.84. The highest BCUT2D eigenvalue weighted by Crippen LogP contribution is 2.22. The van der Waals surface area contributed by atoms with Crippen molar-refractivity contribution >= 4 is 23.6 Å². The van der Waals surface area contributed by atoms with Crippen LogP contribution < -0.4 is 16.0 Å². The van der Waals surface area contributed by atoms with Gasteiger partial charge in [0.2, 0.25) is 11.8 Å². The topological polar surface area (TPSA) is 125 Å². The van der Waals surface area contributed by atoms with Crippen LogP contribution in [0.5, 0.6) is 0 Å². The highest BCUT2D eigenvalue weighted by Gasteiger charge is 2.22. The van der Waals surface area contributed by atoms with Crippen LogP contribution in [0.3, 0.4) is 0 Å². The second kappa shape index (κ2) is 27.4. The van der Waals surface area contributed by atoms with E-state index in [0.29, 0.717) is 18.9 Å². The van der Waals surface area contributed by atoms with E-state index in [0.717, 1.165) is 38.5 Å². The van der Waals surface area contributed by atoms with Crippen LogP contribution in [0.2, 0.25) is 0 Å². The molecule has 8 heteroatoms. The first-order valence-corrected chi connectivity index (χ1v) is 18.1. The second-order valence-corrected chi connectivity index (χ2v) is 13.4. The molecule has 1 unspecified atom stereocenters. The fourth-order valence-corrected chi connectivity index (χ4v) is 5.84. The Morgan fingerprint density at radius 3 is 1.75 bits per heavy atom. The minimum atomic E-state index is -1.11. The lowest BCUT2D eigenvalue weighted by molar-refractivity contribution is -0.142. The molecule has 0 aliphatic rings. The van der Waals surface area contributed by atoms with Gasteiger partial charge >= 0.3 is 5.97 Å². The van der Waals surface area contributed by atoms with Crippen LogP contribution in [0.1, 0.15) is 170 Å². The summed E-state index contributed by atoms with van der Waals surface area (Å²) in [4.78, 5) is 49.0. The Balaban J connectivity index is 4.27. The van der Waals surface area contributed by atoms with Crippen molar-refractivity contribution in [1.29, 1.82) is 0 Å². The summed E-state index contributed by atoms with van der Waals surface area (Å²) in [5.41, 5.74) is 0.